The molecule has 4 rings (SSSR count). The summed E-state index contributed by atoms with van der Waals surface area (Å²) in [6, 6.07) is 24.1. The lowest BCUT2D eigenvalue weighted by atomic mass is 9.92. The maximum atomic E-state index is 11.2. The van der Waals surface area contributed by atoms with E-state index in [2.05, 4.69) is 25.1 Å². The maximum Gasteiger partial charge on any atom is 0.341 e. The van der Waals surface area contributed by atoms with Gasteiger partial charge in [-0.2, -0.15) is 0 Å². The van der Waals surface area contributed by atoms with Crippen LogP contribution in [0, 0.1) is 0 Å². The summed E-state index contributed by atoms with van der Waals surface area (Å²) in [6.45, 7) is 2.40. The van der Waals surface area contributed by atoms with E-state index in [1.165, 1.54) is 0 Å². The van der Waals surface area contributed by atoms with E-state index in [-0.39, 0.29) is 0 Å². The second-order valence-corrected chi connectivity index (χ2v) is 7.56. The van der Waals surface area contributed by atoms with E-state index in [1.807, 2.05) is 54.6 Å². The summed E-state index contributed by atoms with van der Waals surface area (Å²) in [5.74, 6) is 0.315. The van der Waals surface area contributed by atoms with E-state index >= 15 is 0 Å². The molecule has 4 nitrogen and oxygen atoms in total. The van der Waals surface area contributed by atoms with Crippen molar-refractivity contribution >= 4 is 27.5 Å². The number of fused-ring (bicyclic) bond motifs is 2. The lowest BCUT2D eigenvalue weighted by Crippen LogP contribution is -2.10. The fourth-order valence-electron chi connectivity index (χ4n) is 3.93. The highest BCUT2D eigenvalue weighted by Gasteiger charge is 2.19. The number of carbonyl (C=O) groups is 1. The van der Waals surface area contributed by atoms with Gasteiger partial charge in [-0.15, -0.1) is 0 Å². The van der Waals surface area contributed by atoms with Gasteiger partial charge in [0.2, 0.25) is 0 Å². The molecule has 0 aliphatic heterocycles. The van der Waals surface area contributed by atoms with Gasteiger partial charge < -0.3 is 14.6 Å². The van der Waals surface area contributed by atoms with Gasteiger partial charge >= 0.3 is 5.97 Å². The zero-order chi connectivity index (χ0) is 21.6. The van der Waals surface area contributed by atoms with Gasteiger partial charge in [-0.05, 0) is 40.1 Å². The number of rotatable bonds is 9. The summed E-state index contributed by atoms with van der Waals surface area (Å²) in [7, 11) is 0. The van der Waals surface area contributed by atoms with Crippen molar-refractivity contribution in [3.05, 3.63) is 72.8 Å². The minimum absolute atomic E-state index is 0.400. The number of hydrogen-bond donors (Lipinski definition) is 1. The zero-order valence-electron chi connectivity index (χ0n) is 17.6. The number of ether oxygens (including phenoxy) is 2. The Bertz CT molecular complexity index is 1210. The number of aliphatic carboxylic acids is 1. The van der Waals surface area contributed by atoms with Crippen LogP contribution >= 0.6 is 0 Å². The minimum atomic E-state index is -1.01. The van der Waals surface area contributed by atoms with Gasteiger partial charge in [-0.3, -0.25) is 0 Å². The topological polar surface area (TPSA) is 55.8 Å². The zero-order valence-corrected chi connectivity index (χ0v) is 17.6. The first kappa shape index (κ1) is 20.7. The summed E-state index contributed by atoms with van der Waals surface area (Å²) in [6.07, 6.45) is 3.23. The molecular weight excluding hydrogens is 388 g/mol. The van der Waals surface area contributed by atoms with Crippen LogP contribution in [-0.2, 0) is 4.79 Å². The molecule has 4 aromatic carbocycles. The first-order chi connectivity index (χ1) is 15.2. The number of carboxylic acids is 1. The van der Waals surface area contributed by atoms with Gasteiger partial charge in [0.1, 0.15) is 11.5 Å². The fraction of sp³-hybridized carbons (Fsp3) is 0.222. The smallest absolute Gasteiger partial charge is 0.341 e. The molecule has 0 bridgehead atoms. The Morgan fingerprint density at radius 1 is 0.742 bits per heavy atom. The van der Waals surface area contributed by atoms with Crippen LogP contribution in [0.3, 0.4) is 0 Å². The summed E-state index contributed by atoms with van der Waals surface area (Å²) in [4.78, 5) is 11.2. The maximum absolute atomic E-state index is 11.2. The predicted molar refractivity (Wildman–Crippen MR) is 125 cm³/mol. The van der Waals surface area contributed by atoms with Crippen molar-refractivity contribution in [1.29, 1.82) is 0 Å². The van der Waals surface area contributed by atoms with Crippen molar-refractivity contribution < 1.29 is 19.4 Å². The average Bonchev–Trinajstić information content (AvgIpc) is 2.80. The van der Waals surface area contributed by atoms with E-state index in [1.54, 1.807) is 0 Å². The van der Waals surface area contributed by atoms with E-state index in [4.69, 9.17) is 9.47 Å². The molecule has 0 aliphatic carbocycles. The third kappa shape index (κ3) is 4.48. The molecule has 0 unspecified atom stereocenters. The molecule has 0 amide bonds. The number of benzene rings is 4. The van der Waals surface area contributed by atoms with E-state index < -0.39 is 12.6 Å². The van der Waals surface area contributed by atoms with Crippen molar-refractivity contribution in [3.8, 4) is 22.6 Å². The van der Waals surface area contributed by atoms with Crippen LogP contribution in [0.4, 0.5) is 0 Å². The van der Waals surface area contributed by atoms with E-state index in [0.717, 1.165) is 57.7 Å². The van der Waals surface area contributed by atoms with E-state index in [9.17, 15) is 9.90 Å². The Morgan fingerprint density at radius 2 is 1.29 bits per heavy atom. The SMILES string of the molecule is CCCCCOc1ccc2ccccc2c1-c1c(OCC(=O)O)ccc2ccccc12. The molecule has 0 spiro atoms. The molecule has 0 heterocycles. The Kier molecular flexibility index (Phi) is 6.37. The molecule has 0 aliphatic rings. The molecule has 0 atom stereocenters. The van der Waals surface area contributed by atoms with Crippen LogP contribution in [0.25, 0.3) is 32.7 Å². The number of hydrogen-bond acceptors (Lipinski definition) is 3. The highest BCUT2D eigenvalue weighted by molar-refractivity contribution is 6.09. The van der Waals surface area contributed by atoms with Crippen LogP contribution in [0.15, 0.2) is 72.8 Å². The van der Waals surface area contributed by atoms with Crippen LogP contribution in [0.1, 0.15) is 26.2 Å². The first-order valence-electron chi connectivity index (χ1n) is 10.7. The molecule has 0 saturated carbocycles. The van der Waals surface area contributed by atoms with Gasteiger partial charge in [0, 0.05) is 11.1 Å². The van der Waals surface area contributed by atoms with Crippen molar-refractivity contribution in [2.75, 3.05) is 13.2 Å². The Labute approximate surface area is 182 Å². The summed E-state index contributed by atoms with van der Waals surface area (Å²) in [5, 5.41) is 13.4. The average molecular weight is 415 g/mol. The second-order valence-electron chi connectivity index (χ2n) is 7.56. The molecule has 4 aromatic rings. The molecule has 0 radical (unpaired) electrons. The molecule has 31 heavy (non-hydrogen) atoms. The minimum Gasteiger partial charge on any atom is -0.493 e. The van der Waals surface area contributed by atoms with Crippen molar-refractivity contribution in [2.24, 2.45) is 0 Å². The van der Waals surface area contributed by atoms with Crippen LogP contribution in [0.2, 0.25) is 0 Å². The largest absolute Gasteiger partial charge is 0.493 e. The lowest BCUT2D eigenvalue weighted by Gasteiger charge is -2.19. The Hall–Kier alpha value is -3.53. The predicted octanol–water partition coefficient (Wildman–Crippen LogP) is 6.69. The van der Waals surface area contributed by atoms with Crippen LogP contribution < -0.4 is 9.47 Å². The normalized spacial score (nSPS) is 11.0. The van der Waals surface area contributed by atoms with Crippen molar-refractivity contribution in [3.63, 3.8) is 0 Å². The van der Waals surface area contributed by atoms with E-state index in [0.29, 0.717) is 12.4 Å². The highest BCUT2D eigenvalue weighted by atomic mass is 16.5. The van der Waals surface area contributed by atoms with Gasteiger partial charge in [0.15, 0.2) is 6.61 Å². The molecular formula is C27H26O4. The third-order valence-corrected chi connectivity index (χ3v) is 5.39. The molecule has 4 heteroatoms. The summed E-state index contributed by atoms with van der Waals surface area (Å²) >= 11 is 0. The number of unbranched alkanes of at least 4 members (excludes halogenated alkanes) is 2. The van der Waals surface area contributed by atoms with Gasteiger partial charge in [-0.25, -0.2) is 4.79 Å². The van der Waals surface area contributed by atoms with Gasteiger partial charge in [-0.1, -0.05) is 80.4 Å². The van der Waals surface area contributed by atoms with Crippen LogP contribution in [0.5, 0.6) is 11.5 Å². The van der Waals surface area contributed by atoms with Crippen molar-refractivity contribution in [2.45, 2.75) is 26.2 Å². The van der Waals surface area contributed by atoms with Gasteiger partial charge in [0.25, 0.3) is 0 Å². The summed E-state index contributed by atoms with van der Waals surface area (Å²) < 4.78 is 12.0. The molecule has 0 saturated heterocycles. The van der Waals surface area contributed by atoms with Gasteiger partial charge in [0.05, 0.1) is 6.61 Å². The molecule has 0 fully saturated rings. The third-order valence-electron chi connectivity index (χ3n) is 5.39. The molecule has 158 valence electrons. The number of carboxylic acid groups (broad SMARTS) is 1. The standard InChI is InChI=1S/C27H26O4/c1-2-3-8-17-30-23-15-13-19-9-4-6-11-21(19)26(23)27-22-12-7-5-10-20(22)14-16-24(27)31-18-25(28)29/h4-7,9-16H,2-3,8,17-18H2,1H3,(H,28,29). The monoisotopic (exact) mass is 414 g/mol. The quantitative estimate of drug-likeness (QED) is 0.310. The van der Waals surface area contributed by atoms with Crippen molar-refractivity contribution in [1.82, 2.24) is 0 Å². The fourth-order valence-corrected chi connectivity index (χ4v) is 3.93. The van der Waals surface area contributed by atoms with Crippen LogP contribution in [-0.4, -0.2) is 24.3 Å². The Morgan fingerprint density at radius 3 is 1.84 bits per heavy atom. The molecule has 0 aromatic heterocycles. The second kappa shape index (κ2) is 9.52. The molecule has 1 N–H and O–H groups in total. The Balaban J connectivity index is 1.95. The summed E-state index contributed by atoms with van der Waals surface area (Å²) in [5.41, 5.74) is 1.80. The highest BCUT2D eigenvalue weighted by Crippen LogP contribution is 2.45. The first-order valence-corrected chi connectivity index (χ1v) is 10.7. The lowest BCUT2D eigenvalue weighted by molar-refractivity contribution is -0.139.